The van der Waals surface area contributed by atoms with Gasteiger partial charge in [0.2, 0.25) is 0 Å². The molecule has 27 heavy (non-hydrogen) atoms. The molecule has 1 amide bonds. The Balaban J connectivity index is 1.76. The number of ether oxygens (including phenoxy) is 1. The lowest BCUT2D eigenvalue weighted by Crippen LogP contribution is -2.30. The van der Waals surface area contributed by atoms with Gasteiger partial charge in [-0.05, 0) is 38.0 Å². The number of carbonyl (C=O) groups excluding carboxylic acids is 2. The van der Waals surface area contributed by atoms with Crippen LogP contribution in [0.25, 0.3) is 0 Å². The average molecular weight is 373 g/mol. The van der Waals surface area contributed by atoms with Crippen LogP contribution in [0.3, 0.4) is 0 Å². The summed E-state index contributed by atoms with van der Waals surface area (Å²) in [5.74, 6) is 0.0563. The molecule has 0 saturated heterocycles. The Labute approximate surface area is 159 Å². The lowest BCUT2D eigenvalue weighted by atomic mass is 10.1. The fourth-order valence-corrected chi connectivity index (χ4v) is 2.67. The van der Waals surface area contributed by atoms with Crippen LogP contribution >= 0.6 is 0 Å². The molecule has 2 aromatic rings. The van der Waals surface area contributed by atoms with Crippen molar-refractivity contribution in [2.24, 2.45) is 0 Å². The molecule has 0 radical (unpaired) electrons. The first-order valence-electron chi connectivity index (χ1n) is 8.85. The van der Waals surface area contributed by atoms with E-state index in [4.69, 9.17) is 9.26 Å². The van der Waals surface area contributed by atoms with Crippen LogP contribution in [0.4, 0.5) is 5.69 Å². The van der Waals surface area contributed by atoms with Crippen LogP contribution in [0, 0.1) is 13.8 Å². The predicted molar refractivity (Wildman–Crippen MR) is 103 cm³/mol. The highest BCUT2D eigenvalue weighted by atomic mass is 16.5. The summed E-state index contributed by atoms with van der Waals surface area (Å²) in [5, 5.41) is 3.86. The lowest BCUT2D eigenvalue weighted by molar-refractivity contribution is -0.151. The highest BCUT2D eigenvalue weighted by molar-refractivity contribution is 5.80. The van der Waals surface area contributed by atoms with Gasteiger partial charge in [0.15, 0.2) is 6.61 Å². The third kappa shape index (κ3) is 5.84. The molecule has 1 aromatic carbocycles. The highest BCUT2D eigenvalue weighted by Crippen LogP contribution is 2.15. The Kier molecular flexibility index (Phi) is 6.98. The summed E-state index contributed by atoms with van der Waals surface area (Å²) in [7, 11) is 5.65. The van der Waals surface area contributed by atoms with E-state index in [1.54, 1.807) is 11.9 Å². The second kappa shape index (κ2) is 9.21. The van der Waals surface area contributed by atoms with Crippen LogP contribution in [-0.2, 0) is 27.3 Å². The Morgan fingerprint density at radius 1 is 1.11 bits per heavy atom. The van der Waals surface area contributed by atoms with Crippen molar-refractivity contribution in [3.63, 3.8) is 0 Å². The number of anilines is 1. The summed E-state index contributed by atoms with van der Waals surface area (Å²) in [6, 6.07) is 7.97. The van der Waals surface area contributed by atoms with Crippen LogP contribution in [0.15, 0.2) is 28.8 Å². The zero-order valence-corrected chi connectivity index (χ0v) is 16.6. The van der Waals surface area contributed by atoms with Crippen molar-refractivity contribution in [2.75, 3.05) is 32.6 Å². The van der Waals surface area contributed by atoms with Crippen LogP contribution in [0.5, 0.6) is 0 Å². The minimum Gasteiger partial charge on any atom is -0.456 e. The molecule has 0 aliphatic carbocycles. The van der Waals surface area contributed by atoms with E-state index < -0.39 is 5.97 Å². The molecular weight excluding hydrogens is 346 g/mol. The van der Waals surface area contributed by atoms with E-state index in [1.807, 2.05) is 57.1 Å². The standard InChI is InChI=1S/C20H27N3O4/c1-14-18(15(2)27-21-14)10-11-20(25)26-13-19(24)23(5)12-16-6-8-17(9-7-16)22(3)4/h6-9H,10-13H2,1-5H3. The maximum Gasteiger partial charge on any atom is 0.306 e. The van der Waals surface area contributed by atoms with Crippen molar-refractivity contribution < 1.29 is 18.8 Å². The van der Waals surface area contributed by atoms with Gasteiger partial charge in [0.1, 0.15) is 5.76 Å². The average Bonchev–Trinajstić information content (AvgIpc) is 2.96. The normalized spacial score (nSPS) is 10.6. The SMILES string of the molecule is Cc1noc(C)c1CCC(=O)OCC(=O)N(C)Cc1ccc(N(C)C)cc1. The van der Waals surface area contributed by atoms with Gasteiger partial charge in [-0.2, -0.15) is 0 Å². The number of nitrogens with zero attached hydrogens (tertiary/aromatic N) is 3. The molecule has 7 heteroatoms. The van der Waals surface area contributed by atoms with Crippen molar-refractivity contribution in [2.45, 2.75) is 33.2 Å². The number of esters is 1. The van der Waals surface area contributed by atoms with Crippen LogP contribution in [0.2, 0.25) is 0 Å². The molecule has 0 aliphatic rings. The van der Waals surface area contributed by atoms with Gasteiger partial charge >= 0.3 is 5.97 Å². The lowest BCUT2D eigenvalue weighted by Gasteiger charge is -2.18. The molecular formula is C20H27N3O4. The number of benzene rings is 1. The highest BCUT2D eigenvalue weighted by Gasteiger charge is 2.15. The zero-order chi connectivity index (χ0) is 20.0. The first-order chi connectivity index (χ1) is 12.8. The minimum atomic E-state index is -0.410. The molecule has 0 fully saturated rings. The summed E-state index contributed by atoms with van der Waals surface area (Å²) in [5.41, 5.74) is 3.80. The summed E-state index contributed by atoms with van der Waals surface area (Å²) in [4.78, 5) is 27.6. The Morgan fingerprint density at radius 2 is 1.78 bits per heavy atom. The number of likely N-dealkylation sites (N-methyl/N-ethyl adjacent to an activating group) is 1. The molecule has 0 bridgehead atoms. The third-order valence-corrected chi connectivity index (χ3v) is 4.42. The van der Waals surface area contributed by atoms with Crippen molar-refractivity contribution in [1.82, 2.24) is 10.1 Å². The maximum atomic E-state index is 12.2. The van der Waals surface area contributed by atoms with Crippen molar-refractivity contribution in [1.29, 1.82) is 0 Å². The van der Waals surface area contributed by atoms with Crippen molar-refractivity contribution in [3.8, 4) is 0 Å². The number of carbonyl (C=O) groups is 2. The zero-order valence-electron chi connectivity index (χ0n) is 16.6. The van der Waals surface area contributed by atoms with Gasteiger partial charge in [0.05, 0.1) is 5.69 Å². The molecule has 0 saturated carbocycles. The molecule has 146 valence electrons. The number of hydrogen-bond donors (Lipinski definition) is 0. The molecule has 2 rings (SSSR count). The number of aryl methyl sites for hydroxylation is 2. The van der Waals surface area contributed by atoms with Gasteiger partial charge in [0.25, 0.3) is 5.91 Å². The van der Waals surface area contributed by atoms with Crippen molar-refractivity contribution >= 4 is 17.6 Å². The van der Waals surface area contributed by atoms with E-state index in [0.717, 1.165) is 22.5 Å². The number of amides is 1. The van der Waals surface area contributed by atoms with Crippen LogP contribution < -0.4 is 4.90 Å². The van der Waals surface area contributed by atoms with Crippen LogP contribution in [0.1, 0.15) is 29.0 Å². The van der Waals surface area contributed by atoms with E-state index in [2.05, 4.69) is 5.16 Å². The number of hydrogen-bond acceptors (Lipinski definition) is 6. The maximum absolute atomic E-state index is 12.2. The molecule has 0 N–H and O–H groups in total. The molecule has 7 nitrogen and oxygen atoms in total. The minimum absolute atomic E-state index is 0.186. The summed E-state index contributed by atoms with van der Waals surface area (Å²) in [6.45, 7) is 3.85. The summed E-state index contributed by atoms with van der Waals surface area (Å²) in [6.07, 6.45) is 0.675. The molecule has 1 aromatic heterocycles. The molecule has 0 atom stereocenters. The van der Waals surface area contributed by atoms with Gasteiger partial charge in [-0.15, -0.1) is 0 Å². The molecule has 0 unspecified atom stereocenters. The fourth-order valence-electron chi connectivity index (χ4n) is 2.67. The van der Waals surface area contributed by atoms with Gasteiger partial charge in [-0.3, -0.25) is 9.59 Å². The fraction of sp³-hybridized carbons (Fsp3) is 0.450. The Morgan fingerprint density at radius 3 is 2.33 bits per heavy atom. The Bertz CT molecular complexity index is 762. The van der Waals surface area contributed by atoms with E-state index in [-0.39, 0.29) is 18.9 Å². The Hall–Kier alpha value is -2.83. The second-order valence-electron chi connectivity index (χ2n) is 6.77. The monoisotopic (exact) mass is 373 g/mol. The topological polar surface area (TPSA) is 75.9 Å². The largest absolute Gasteiger partial charge is 0.456 e. The van der Waals surface area contributed by atoms with Crippen molar-refractivity contribution in [3.05, 3.63) is 46.8 Å². The van der Waals surface area contributed by atoms with Gasteiger partial charge in [0, 0.05) is 45.4 Å². The van der Waals surface area contributed by atoms with E-state index in [9.17, 15) is 9.59 Å². The molecule has 0 aliphatic heterocycles. The summed E-state index contributed by atoms with van der Waals surface area (Å²) < 4.78 is 10.2. The second-order valence-corrected chi connectivity index (χ2v) is 6.77. The molecule has 0 spiro atoms. The summed E-state index contributed by atoms with van der Waals surface area (Å²) >= 11 is 0. The van der Waals surface area contributed by atoms with Crippen LogP contribution in [-0.4, -0.2) is 49.7 Å². The first-order valence-corrected chi connectivity index (χ1v) is 8.85. The smallest absolute Gasteiger partial charge is 0.306 e. The quantitative estimate of drug-likeness (QED) is 0.662. The number of rotatable bonds is 8. The van der Waals surface area contributed by atoms with Gasteiger partial charge in [-0.25, -0.2) is 0 Å². The van der Waals surface area contributed by atoms with E-state index in [0.29, 0.717) is 18.7 Å². The predicted octanol–water partition coefficient (Wildman–Crippen LogP) is 2.49. The van der Waals surface area contributed by atoms with Gasteiger partial charge < -0.3 is 19.1 Å². The third-order valence-electron chi connectivity index (χ3n) is 4.42. The number of aromatic nitrogens is 1. The van der Waals surface area contributed by atoms with Gasteiger partial charge in [-0.1, -0.05) is 17.3 Å². The first kappa shape index (κ1) is 20.5. The van der Waals surface area contributed by atoms with E-state index in [1.165, 1.54) is 0 Å². The molecule has 1 heterocycles. The van der Waals surface area contributed by atoms with E-state index >= 15 is 0 Å².